The van der Waals surface area contributed by atoms with Crippen molar-refractivity contribution < 1.29 is 28.6 Å². The van der Waals surface area contributed by atoms with Gasteiger partial charge in [-0.15, -0.1) is 0 Å². The maximum Gasteiger partial charge on any atom is 0.306 e. The highest BCUT2D eigenvalue weighted by atomic mass is 16.6. The molecule has 0 radical (unpaired) electrons. The van der Waals surface area contributed by atoms with Gasteiger partial charge in [-0.3, -0.25) is 14.4 Å². The Morgan fingerprint density at radius 3 is 1.24 bits per heavy atom. The lowest BCUT2D eigenvalue weighted by Gasteiger charge is -2.18. The largest absolute Gasteiger partial charge is 0.462 e. The fourth-order valence-corrected chi connectivity index (χ4v) is 6.35. The topological polar surface area (TPSA) is 78.9 Å². The third-order valence-corrected chi connectivity index (χ3v) is 9.96. The van der Waals surface area contributed by atoms with Crippen molar-refractivity contribution in [3.8, 4) is 0 Å². The van der Waals surface area contributed by atoms with E-state index in [1.165, 1.54) is 89.9 Å². The van der Waals surface area contributed by atoms with E-state index >= 15 is 0 Å². The van der Waals surface area contributed by atoms with Crippen LogP contribution in [-0.2, 0) is 28.6 Å². The molecule has 332 valence electrons. The lowest BCUT2D eigenvalue weighted by atomic mass is 10.1. The molecule has 0 heterocycles. The summed E-state index contributed by atoms with van der Waals surface area (Å²) in [5.74, 6) is -1.04. The molecule has 0 rings (SSSR count). The molecule has 0 aromatic carbocycles. The van der Waals surface area contributed by atoms with Gasteiger partial charge in [-0.2, -0.15) is 0 Å². The molecule has 6 nitrogen and oxygen atoms in total. The average molecular weight is 809 g/mol. The van der Waals surface area contributed by atoms with Gasteiger partial charge in [0.2, 0.25) is 0 Å². The van der Waals surface area contributed by atoms with Gasteiger partial charge in [0.1, 0.15) is 13.2 Å². The van der Waals surface area contributed by atoms with Crippen molar-refractivity contribution in [2.45, 2.75) is 226 Å². The van der Waals surface area contributed by atoms with E-state index in [0.29, 0.717) is 19.3 Å². The van der Waals surface area contributed by atoms with Crippen molar-refractivity contribution in [1.29, 1.82) is 0 Å². The summed E-state index contributed by atoms with van der Waals surface area (Å²) in [6.07, 6.45) is 57.7. The van der Waals surface area contributed by atoms with E-state index in [2.05, 4.69) is 87.6 Å². The van der Waals surface area contributed by atoms with E-state index in [1.807, 2.05) is 6.08 Å². The summed E-state index contributed by atoms with van der Waals surface area (Å²) in [6.45, 7) is 6.39. The molecule has 0 amide bonds. The standard InChI is InChI=1S/C52H88O6/c1-4-7-10-13-16-19-21-23-24-25-26-27-29-30-33-36-39-42-45-51(54)57-48-49(47-56-50(53)44-41-38-35-32-18-15-12-9-6-3)58-52(55)46-43-40-37-34-31-28-22-20-17-14-11-8-5-2/h9,12,18,24-28,31-32,37,40,49H,4-8,10-11,13-17,19-23,29-30,33-36,38-39,41-48H2,1-3H3/b12-9-,25-24-,27-26-,31-28-,32-18-,40-37-. The number of carbonyl (C=O) groups excluding carboxylic acids is 3. The smallest absolute Gasteiger partial charge is 0.306 e. The van der Waals surface area contributed by atoms with Crippen molar-refractivity contribution in [3.05, 3.63) is 72.9 Å². The van der Waals surface area contributed by atoms with Gasteiger partial charge in [0.05, 0.1) is 0 Å². The Kier molecular flexibility index (Phi) is 44.0. The molecule has 0 N–H and O–H groups in total. The Labute approximate surface area is 357 Å². The minimum atomic E-state index is -0.823. The first-order chi connectivity index (χ1) is 28.5. The highest BCUT2D eigenvalue weighted by Gasteiger charge is 2.19. The molecule has 0 fully saturated rings. The van der Waals surface area contributed by atoms with Gasteiger partial charge in [0.25, 0.3) is 0 Å². The SMILES string of the molecule is CC/C=C\C/C=C\CCCCC(=O)OCC(COC(=O)CCCCCCC/C=C\C=C/CCCCCCCCC)OC(=O)CC/C=C\C/C=C\CCCCCCCC. The van der Waals surface area contributed by atoms with Crippen LogP contribution < -0.4 is 0 Å². The Balaban J connectivity index is 4.44. The lowest BCUT2D eigenvalue weighted by molar-refractivity contribution is -0.166. The zero-order valence-corrected chi connectivity index (χ0v) is 37.8. The molecule has 0 aromatic heterocycles. The van der Waals surface area contributed by atoms with E-state index in [9.17, 15) is 14.4 Å². The summed E-state index contributed by atoms with van der Waals surface area (Å²) in [6, 6.07) is 0. The van der Waals surface area contributed by atoms with E-state index in [-0.39, 0.29) is 31.6 Å². The number of rotatable bonds is 42. The van der Waals surface area contributed by atoms with Gasteiger partial charge < -0.3 is 14.2 Å². The predicted molar refractivity (Wildman–Crippen MR) is 247 cm³/mol. The van der Waals surface area contributed by atoms with Crippen molar-refractivity contribution in [2.75, 3.05) is 13.2 Å². The molecule has 0 aromatic rings. The quantitative estimate of drug-likeness (QED) is 0.0201. The van der Waals surface area contributed by atoms with Crippen LogP contribution in [0, 0.1) is 0 Å². The summed E-state index contributed by atoms with van der Waals surface area (Å²) in [5.41, 5.74) is 0. The fraction of sp³-hybridized carbons (Fsp3) is 0.712. The Hall–Kier alpha value is -3.15. The molecule has 0 aliphatic heterocycles. The van der Waals surface area contributed by atoms with E-state index in [1.54, 1.807) is 0 Å². The molecule has 0 saturated carbocycles. The van der Waals surface area contributed by atoms with Gasteiger partial charge in [-0.1, -0.05) is 184 Å². The molecule has 0 aliphatic carbocycles. The molecule has 58 heavy (non-hydrogen) atoms. The van der Waals surface area contributed by atoms with E-state index in [4.69, 9.17) is 14.2 Å². The molecule has 0 spiro atoms. The predicted octanol–water partition coefficient (Wildman–Crippen LogP) is 15.5. The summed E-state index contributed by atoms with van der Waals surface area (Å²) >= 11 is 0. The molecule has 0 bridgehead atoms. The Morgan fingerprint density at radius 2 is 0.759 bits per heavy atom. The Bertz CT molecular complexity index is 1110. The number of hydrogen-bond donors (Lipinski definition) is 0. The van der Waals surface area contributed by atoms with Crippen molar-refractivity contribution in [3.63, 3.8) is 0 Å². The minimum absolute atomic E-state index is 0.117. The maximum absolute atomic E-state index is 12.7. The number of ether oxygens (including phenoxy) is 3. The number of unbranched alkanes of at least 4 members (excludes halogenated alkanes) is 20. The number of carbonyl (C=O) groups is 3. The summed E-state index contributed by atoms with van der Waals surface area (Å²) in [5, 5.41) is 0. The third-order valence-electron chi connectivity index (χ3n) is 9.96. The second-order valence-electron chi connectivity index (χ2n) is 15.7. The maximum atomic E-state index is 12.7. The van der Waals surface area contributed by atoms with Gasteiger partial charge in [0.15, 0.2) is 6.10 Å². The van der Waals surface area contributed by atoms with Gasteiger partial charge in [-0.25, -0.2) is 0 Å². The molecule has 6 heteroatoms. The molecule has 1 unspecified atom stereocenters. The molecule has 0 aliphatic rings. The first kappa shape index (κ1) is 54.9. The van der Waals surface area contributed by atoms with Crippen LogP contribution in [0.15, 0.2) is 72.9 Å². The van der Waals surface area contributed by atoms with Crippen molar-refractivity contribution >= 4 is 17.9 Å². The highest BCUT2D eigenvalue weighted by molar-refractivity contribution is 5.71. The monoisotopic (exact) mass is 809 g/mol. The van der Waals surface area contributed by atoms with Gasteiger partial charge >= 0.3 is 17.9 Å². The third kappa shape index (κ3) is 44.0. The second kappa shape index (κ2) is 46.5. The first-order valence-electron chi connectivity index (χ1n) is 24.0. The summed E-state index contributed by atoms with van der Waals surface area (Å²) in [7, 11) is 0. The zero-order chi connectivity index (χ0) is 42.3. The zero-order valence-electron chi connectivity index (χ0n) is 37.8. The highest BCUT2D eigenvalue weighted by Crippen LogP contribution is 2.12. The lowest BCUT2D eigenvalue weighted by Crippen LogP contribution is -2.30. The van der Waals surface area contributed by atoms with Gasteiger partial charge in [-0.05, 0) is 89.9 Å². The molecular formula is C52H88O6. The van der Waals surface area contributed by atoms with Crippen LogP contribution >= 0.6 is 0 Å². The first-order valence-corrected chi connectivity index (χ1v) is 24.0. The van der Waals surface area contributed by atoms with Crippen molar-refractivity contribution in [2.24, 2.45) is 0 Å². The van der Waals surface area contributed by atoms with Crippen LogP contribution in [0.4, 0.5) is 0 Å². The second-order valence-corrected chi connectivity index (χ2v) is 15.7. The molecule has 0 saturated heterocycles. The van der Waals surface area contributed by atoms with Crippen LogP contribution in [0.5, 0.6) is 0 Å². The normalized spacial score (nSPS) is 12.7. The molecule has 1 atom stereocenters. The summed E-state index contributed by atoms with van der Waals surface area (Å²) in [4.78, 5) is 37.7. The van der Waals surface area contributed by atoms with Crippen LogP contribution in [0.3, 0.4) is 0 Å². The van der Waals surface area contributed by atoms with E-state index < -0.39 is 12.1 Å². The summed E-state index contributed by atoms with van der Waals surface area (Å²) < 4.78 is 16.6. The Morgan fingerprint density at radius 1 is 0.379 bits per heavy atom. The number of allylic oxidation sites excluding steroid dienone is 12. The number of esters is 3. The van der Waals surface area contributed by atoms with Crippen LogP contribution in [0.2, 0.25) is 0 Å². The van der Waals surface area contributed by atoms with Crippen molar-refractivity contribution in [1.82, 2.24) is 0 Å². The van der Waals surface area contributed by atoms with Gasteiger partial charge in [0, 0.05) is 19.3 Å². The fourth-order valence-electron chi connectivity index (χ4n) is 6.35. The van der Waals surface area contributed by atoms with E-state index in [0.717, 1.165) is 83.5 Å². The minimum Gasteiger partial charge on any atom is -0.462 e. The van der Waals surface area contributed by atoms with Crippen LogP contribution in [0.1, 0.15) is 220 Å². The number of hydrogen-bond acceptors (Lipinski definition) is 6. The van der Waals surface area contributed by atoms with Crippen LogP contribution in [-0.4, -0.2) is 37.2 Å². The van der Waals surface area contributed by atoms with Crippen LogP contribution in [0.25, 0.3) is 0 Å². The average Bonchev–Trinajstić information content (AvgIpc) is 3.22. The molecular weight excluding hydrogens is 721 g/mol.